The van der Waals surface area contributed by atoms with Gasteiger partial charge in [0.05, 0.1) is 6.10 Å². The average Bonchev–Trinajstić information content (AvgIpc) is 2.14. The summed E-state index contributed by atoms with van der Waals surface area (Å²) in [6.07, 6.45) is 1.60. The van der Waals surface area contributed by atoms with Gasteiger partial charge in [0.2, 0.25) is 0 Å². The standard InChI is InChI=1S/C14H22O/c1-11(15)8-9-12-6-5-7-13(10-12)14(2,3)4/h5-7,10-11,15H,8-9H2,1-4H3/t11-/m0/s1. The van der Waals surface area contributed by atoms with Crippen molar-refractivity contribution in [1.29, 1.82) is 0 Å². The van der Waals surface area contributed by atoms with E-state index in [9.17, 15) is 5.11 Å². The van der Waals surface area contributed by atoms with E-state index < -0.39 is 0 Å². The van der Waals surface area contributed by atoms with Gasteiger partial charge in [-0.05, 0) is 36.3 Å². The Kier molecular flexibility index (Phi) is 3.92. The first-order chi connectivity index (χ1) is 6.89. The van der Waals surface area contributed by atoms with E-state index in [2.05, 4.69) is 45.0 Å². The zero-order valence-electron chi connectivity index (χ0n) is 10.2. The average molecular weight is 206 g/mol. The van der Waals surface area contributed by atoms with E-state index in [-0.39, 0.29) is 11.5 Å². The second kappa shape index (κ2) is 4.80. The van der Waals surface area contributed by atoms with E-state index in [1.165, 1.54) is 11.1 Å². The number of aliphatic hydroxyl groups is 1. The van der Waals surface area contributed by atoms with E-state index in [0.717, 1.165) is 12.8 Å². The van der Waals surface area contributed by atoms with Gasteiger partial charge < -0.3 is 5.11 Å². The molecular weight excluding hydrogens is 184 g/mol. The van der Waals surface area contributed by atoms with Crippen LogP contribution in [0.25, 0.3) is 0 Å². The van der Waals surface area contributed by atoms with Crippen LogP contribution in [-0.2, 0) is 11.8 Å². The first kappa shape index (κ1) is 12.3. The van der Waals surface area contributed by atoms with Crippen molar-refractivity contribution in [1.82, 2.24) is 0 Å². The van der Waals surface area contributed by atoms with E-state index in [1.54, 1.807) is 0 Å². The molecule has 0 heterocycles. The first-order valence-electron chi connectivity index (χ1n) is 5.67. The topological polar surface area (TPSA) is 20.2 Å². The molecule has 0 spiro atoms. The summed E-state index contributed by atoms with van der Waals surface area (Å²) in [6.45, 7) is 8.51. The van der Waals surface area contributed by atoms with Gasteiger partial charge in [0.15, 0.2) is 0 Å². The van der Waals surface area contributed by atoms with E-state index in [0.29, 0.717) is 0 Å². The Morgan fingerprint density at radius 1 is 1.27 bits per heavy atom. The van der Waals surface area contributed by atoms with Gasteiger partial charge in [-0.1, -0.05) is 45.0 Å². The third kappa shape index (κ3) is 4.05. The molecule has 0 amide bonds. The molecule has 1 aromatic carbocycles. The van der Waals surface area contributed by atoms with Crippen LogP contribution < -0.4 is 0 Å². The molecular formula is C14H22O. The summed E-state index contributed by atoms with van der Waals surface area (Å²) in [5.74, 6) is 0. The molecule has 0 bridgehead atoms. The molecule has 0 saturated carbocycles. The highest BCUT2D eigenvalue weighted by Gasteiger charge is 2.13. The van der Waals surface area contributed by atoms with Crippen LogP contribution in [0.4, 0.5) is 0 Å². The third-order valence-corrected chi connectivity index (χ3v) is 2.64. The fourth-order valence-electron chi connectivity index (χ4n) is 1.57. The van der Waals surface area contributed by atoms with Gasteiger partial charge in [0.25, 0.3) is 0 Å². The maximum absolute atomic E-state index is 9.24. The lowest BCUT2D eigenvalue weighted by Crippen LogP contribution is -2.11. The molecule has 15 heavy (non-hydrogen) atoms. The number of aliphatic hydroxyl groups excluding tert-OH is 1. The summed E-state index contributed by atoms with van der Waals surface area (Å²) in [7, 11) is 0. The van der Waals surface area contributed by atoms with Gasteiger partial charge in [-0.15, -0.1) is 0 Å². The summed E-state index contributed by atoms with van der Waals surface area (Å²) in [6, 6.07) is 8.67. The van der Waals surface area contributed by atoms with Gasteiger partial charge in [-0.25, -0.2) is 0 Å². The molecule has 0 unspecified atom stereocenters. The lowest BCUT2D eigenvalue weighted by atomic mass is 9.86. The van der Waals surface area contributed by atoms with Crippen molar-refractivity contribution in [2.24, 2.45) is 0 Å². The number of aryl methyl sites for hydroxylation is 1. The van der Waals surface area contributed by atoms with Gasteiger partial charge in [-0.2, -0.15) is 0 Å². The third-order valence-electron chi connectivity index (χ3n) is 2.64. The molecule has 0 aliphatic heterocycles. The Bertz CT molecular complexity index is 307. The summed E-state index contributed by atoms with van der Waals surface area (Å²) in [5.41, 5.74) is 2.90. The van der Waals surface area contributed by atoms with Crippen molar-refractivity contribution in [3.8, 4) is 0 Å². The van der Waals surface area contributed by atoms with Crippen LogP contribution in [-0.4, -0.2) is 11.2 Å². The normalized spacial score (nSPS) is 13.9. The van der Waals surface area contributed by atoms with Gasteiger partial charge >= 0.3 is 0 Å². The number of rotatable bonds is 3. The Hall–Kier alpha value is -0.820. The highest BCUT2D eigenvalue weighted by molar-refractivity contribution is 5.28. The molecule has 1 rings (SSSR count). The van der Waals surface area contributed by atoms with Crippen molar-refractivity contribution in [2.45, 2.75) is 52.1 Å². The highest BCUT2D eigenvalue weighted by atomic mass is 16.3. The smallest absolute Gasteiger partial charge is 0.0515 e. The van der Waals surface area contributed by atoms with Crippen molar-refractivity contribution in [3.63, 3.8) is 0 Å². The Balaban J connectivity index is 2.75. The second-order valence-electron chi connectivity index (χ2n) is 5.34. The van der Waals surface area contributed by atoms with Crippen LogP contribution >= 0.6 is 0 Å². The number of hydrogen-bond donors (Lipinski definition) is 1. The Labute approximate surface area is 93.1 Å². The van der Waals surface area contributed by atoms with Crippen LogP contribution in [0.5, 0.6) is 0 Å². The lowest BCUT2D eigenvalue weighted by molar-refractivity contribution is 0.185. The number of benzene rings is 1. The van der Waals surface area contributed by atoms with Crippen molar-refractivity contribution in [3.05, 3.63) is 35.4 Å². The fourth-order valence-corrected chi connectivity index (χ4v) is 1.57. The minimum Gasteiger partial charge on any atom is -0.393 e. The molecule has 84 valence electrons. The van der Waals surface area contributed by atoms with Crippen molar-refractivity contribution in [2.75, 3.05) is 0 Å². The zero-order valence-corrected chi connectivity index (χ0v) is 10.2. The molecule has 1 N–H and O–H groups in total. The van der Waals surface area contributed by atoms with Gasteiger partial charge in [0.1, 0.15) is 0 Å². The summed E-state index contributed by atoms with van der Waals surface area (Å²) >= 11 is 0. The van der Waals surface area contributed by atoms with Crippen LogP contribution in [0.2, 0.25) is 0 Å². The summed E-state index contributed by atoms with van der Waals surface area (Å²) < 4.78 is 0. The van der Waals surface area contributed by atoms with Gasteiger partial charge in [-0.3, -0.25) is 0 Å². The molecule has 0 radical (unpaired) electrons. The molecule has 1 aromatic rings. The monoisotopic (exact) mass is 206 g/mol. The Morgan fingerprint density at radius 2 is 1.93 bits per heavy atom. The maximum Gasteiger partial charge on any atom is 0.0515 e. The van der Waals surface area contributed by atoms with E-state index in [1.807, 2.05) is 6.92 Å². The summed E-state index contributed by atoms with van der Waals surface area (Å²) in [5, 5.41) is 9.24. The lowest BCUT2D eigenvalue weighted by Gasteiger charge is -2.19. The van der Waals surface area contributed by atoms with Crippen LogP contribution in [0.1, 0.15) is 45.2 Å². The highest BCUT2D eigenvalue weighted by Crippen LogP contribution is 2.23. The largest absolute Gasteiger partial charge is 0.393 e. The molecule has 1 atom stereocenters. The van der Waals surface area contributed by atoms with Crippen LogP contribution in [0, 0.1) is 0 Å². The Morgan fingerprint density at radius 3 is 2.47 bits per heavy atom. The predicted octanol–water partition coefficient (Wildman–Crippen LogP) is 3.30. The molecule has 0 saturated heterocycles. The van der Waals surface area contributed by atoms with E-state index >= 15 is 0 Å². The molecule has 0 aliphatic carbocycles. The second-order valence-corrected chi connectivity index (χ2v) is 5.34. The van der Waals surface area contributed by atoms with Crippen molar-refractivity contribution >= 4 is 0 Å². The number of hydrogen-bond acceptors (Lipinski definition) is 1. The first-order valence-corrected chi connectivity index (χ1v) is 5.67. The molecule has 1 nitrogen and oxygen atoms in total. The zero-order chi connectivity index (χ0) is 11.5. The maximum atomic E-state index is 9.24. The minimum absolute atomic E-state index is 0.205. The molecule has 0 aliphatic rings. The SMILES string of the molecule is C[C@H](O)CCc1cccc(C(C)(C)C)c1. The minimum atomic E-state index is -0.205. The fraction of sp³-hybridized carbons (Fsp3) is 0.571. The van der Waals surface area contributed by atoms with Gasteiger partial charge in [0, 0.05) is 0 Å². The molecule has 0 aromatic heterocycles. The van der Waals surface area contributed by atoms with E-state index in [4.69, 9.17) is 0 Å². The molecule has 1 heteroatoms. The van der Waals surface area contributed by atoms with Crippen LogP contribution in [0.3, 0.4) is 0 Å². The van der Waals surface area contributed by atoms with Crippen LogP contribution in [0.15, 0.2) is 24.3 Å². The summed E-state index contributed by atoms with van der Waals surface area (Å²) in [4.78, 5) is 0. The quantitative estimate of drug-likeness (QED) is 0.804. The molecule has 0 fully saturated rings. The predicted molar refractivity (Wildman–Crippen MR) is 65.1 cm³/mol. The van der Waals surface area contributed by atoms with Crippen molar-refractivity contribution < 1.29 is 5.11 Å².